The molecule has 2 N–H and O–H groups in total. The van der Waals surface area contributed by atoms with Crippen molar-refractivity contribution in [3.63, 3.8) is 0 Å². The molecule has 1 aromatic heterocycles. The highest BCUT2D eigenvalue weighted by atomic mass is 35.5. The zero-order chi connectivity index (χ0) is 20.9. The number of barbiturate groups is 1. The number of fused-ring (bicyclic) bond motifs is 1. The highest BCUT2D eigenvalue weighted by molar-refractivity contribution is 6.31. The number of imide groups is 2. The highest BCUT2D eigenvalue weighted by Crippen LogP contribution is 2.42. The van der Waals surface area contributed by atoms with Crippen LogP contribution in [0, 0.1) is 5.92 Å². The molecule has 1 fully saturated rings. The molecule has 1 aliphatic heterocycles. The van der Waals surface area contributed by atoms with Crippen LogP contribution in [0.3, 0.4) is 0 Å². The lowest BCUT2D eigenvalue weighted by Crippen LogP contribution is -2.58. The molecule has 0 bridgehead atoms. The van der Waals surface area contributed by atoms with E-state index in [4.69, 9.17) is 11.6 Å². The van der Waals surface area contributed by atoms with Crippen molar-refractivity contribution in [1.82, 2.24) is 14.8 Å². The van der Waals surface area contributed by atoms with E-state index in [2.05, 4.69) is 4.98 Å². The van der Waals surface area contributed by atoms with Crippen LogP contribution >= 0.6 is 11.6 Å². The minimum atomic E-state index is -1.18. The van der Waals surface area contributed by atoms with E-state index in [9.17, 15) is 19.5 Å². The molecule has 0 radical (unpaired) electrons. The van der Waals surface area contributed by atoms with E-state index in [0.29, 0.717) is 21.5 Å². The van der Waals surface area contributed by atoms with Gasteiger partial charge in [0.2, 0.25) is 11.8 Å². The Morgan fingerprint density at radius 2 is 1.66 bits per heavy atom. The first kappa shape index (κ1) is 19.0. The number of urea groups is 1. The number of aromatic hydroxyl groups is 1. The van der Waals surface area contributed by atoms with Crippen molar-refractivity contribution in [2.45, 2.75) is 5.92 Å². The van der Waals surface area contributed by atoms with Gasteiger partial charge in [-0.3, -0.25) is 19.4 Å². The van der Waals surface area contributed by atoms with Gasteiger partial charge >= 0.3 is 6.03 Å². The topological polar surface area (TPSA) is 93.7 Å². The number of hydrogen-bond acceptors (Lipinski definition) is 4. The van der Waals surface area contributed by atoms with Gasteiger partial charge in [-0.05, 0) is 35.4 Å². The van der Waals surface area contributed by atoms with Crippen molar-refractivity contribution in [2.24, 2.45) is 5.92 Å². The summed E-state index contributed by atoms with van der Waals surface area (Å²) in [6.07, 6.45) is 1.70. The van der Waals surface area contributed by atoms with Crippen LogP contribution in [0.5, 0.6) is 5.75 Å². The number of aromatic amines is 1. The SMILES string of the molecule is CN1C(=O)C(C(c2ccccc2Cl)c2c[nH]c3ccc(O)cc23)C(=O)N(C)C1=O. The van der Waals surface area contributed by atoms with Crippen molar-refractivity contribution >= 4 is 40.3 Å². The van der Waals surface area contributed by atoms with Gasteiger partial charge in [-0.25, -0.2) is 4.79 Å². The number of benzene rings is 2. The highest BCUT2D eigenvalue weighted by Gasteiger charge is 2.48. The summed E-state index contributed by atoms with van der Waals surface area (Å²) in [4.78, 5) is 43.4. The maximum atomic E-state index is 13.1. The molecular formula is C21H18ClN3O4. The first-order valence-electron chi connectivity index (χ1n) is 8.94. The predicted octanol–water partition coefficient (Wildman–Crippen LogP) is 3.33. The molecule has 7 nitrogen and oxygen atoms in total. The number of phenols is 1. The van der Waals surface area contributed by atoms with E-state index in [-0.39, 0.29) is 5.75 Å². The summed E-state index contributed by atoms with van der Waals surface area (Å²) in [5, 5.41) is 11.0. The van der Waals surface area contributed by atoms with Gasteiger partial charge in [0.05, 0.1) is 0 Å². The van der Waals surface area contributed by atoms with E-state index in [1.54, 1.807) is 48.7 Å². The molecule has 0 saturated carbocycles. The largest absolute Gasteiger partial charge is 0.508 e. The summed E-state index contributed by atoms with van der Waals surface area (Å²) < 4.78 is 0. The van der Waals surface area contributed by atoms with Gasteiger partial charge in [0.25, 0.3) is 0 Å². The third kappa shape index (κ3) is 2.94. The van der Waals surface area contributed by atoms with Gasteiger partial charge in [0.1, 0.15) is 11.7 Å². The van der Waals surface area contributed by atoms with Crippen molar-refractivity contribution in [3.05, 3.63) is 64.8 Å². The smallest absolute Gasteiger partial charge is 0.332 e. The average molecular weight is 412 g/mol. The van der Waals surface area contributed by atoms with E-state index in [1.165, 1.54) is 14.1 Å². The molecule has 29 heavy (non-hydrogen) atoms. The average Bonchev–Trinajstić information content (AvgIpc) is 3.11. The van der Waals surface area contributed by atoms with E-state index < -0.39 is 29.7 Å². The van der Waals surface area contributed by atoms with Crippen molar-refractivity contribution in [1.29, 1.82) is 0 Å². The predicted molar refractivity (Wildman–Crippen MR) is 108 cm³/mol. The summed E-state index contributed by atoms with van der Waals surface area (Å²) in [7, 11) is 2.71. The van der Waals surface area contributed by atoms with Gasteiger partial charge in [-0.15, -0.1) is 0 Å². The molecule has 1 saturated heterocycles. The standard InChI is InChI=1S/C21H18ClN3O4/c1-24-19(27)18(20(28)25(2)21(24)29)17(12-5-3-4-6-15(12)22)14-10-23-16-8-7-11(26)9-13(14)16/h3-10,17-18,23,26H,1-2H3. The Morgan fingerprint density at radius 3 is 2.31 bits per heavy atom. The number of hydrogen-bond donors (Lipinski definition) is 2. The Kier molecular flexibility index (Phi) is 4.55. The Labute approximate surface area is 171 Å². The van der Waals surface area contributed by atoms with Crippen LogP contribution in [0.2, 0.25) is 5.02 Å². The molecule has 1 atom stereocenters. The Morgan fingerprint density at radius 1 is 1.00 bits per heavy atom. The maximum Gasteiger partial charge on any atom is 0.332 e. The first-order valence-corrected chi connectivity index (χ1v) is 9.32. The summed E-state index contributed by atoms with van der Waals surface area (Å²) in [6, 6.07) is 11.1. The summed E-state index contributed by atoms with van der Waals surface area (Å²) >= 11 is 6.46. The van der Waals surface area contributed by atoms with Crippen molar-refractivity contribution in [2.75, 3.05) is 14.1 Å². The number of halogens is 1. The third-order valence-corrected chi connectivity index (χ3v) is 5.72. The van der Waals surface area contributed by atoms with Crippen molar-refractivity contribution in [3.8, 4) is 5.75 Å². The molecular weight excluding hydrogens is 394 g/mol. The second-order valence-electron chi connectivity index (χ2n) is 7.03. The maximum absolute atomic E-state index is 13.1. The number of H-pyrrole nitrogens is 1. The summed E-state index contributed by atoms with van der Waals surface area (Å²) in [5.41, 5.74) is 1.96. The van der Waals surface area contributed by atoms with Crippen LogP contribution in [0.25, 0.3) is 10.9 Å². The number of amides is 4. The number of nitrogens with zero attached hydrogens (tertiary/aromatic N) is 2. The lowest BCUT2D eigenvalue weighted by Gasteiger charge is -2.37. The molecule has 148 valence electrons. The molecule has 1 aliphatic rings. The van der Waals surface area contributed by atoms with Gasteiger partial charge < -0.3 is 10.1 Å². The molecule has 0 spiro atoms. The number of carbonyl (C=O) groups excluding carboxylic acids is 3. The lowest BCUT2D eigenvalue weighted by atomic mass is 9.78. The van der Waals surface area contributed by atoms with Gasteiger partial charge in [0.15, 0.2) is 0 Å². The van der Waals surface area contributed by atoms with Gasteiger partial charge in [-0.2, -0.15) is 0 Å². The minimum Gasteiger partial charge on any atom is -0.508 e. The summed E-state index contributed by atoms with van der Waals surface area (Å²) in [6.45, 7) is 0. The fourth-order valence-corrected chi connectivity index (χ4v) is 4.12. The van der Waals surface area contributed by atoms with Crippen LogP contribution in [0.4, 0.5) is 4.79 Å². The monoisotopic (exact) mass is 411 g/mol. The zero-order valence-electron chi connectivity index (χ0n) is 15.7. The number of rotatable bonds is 3. The quantitative estimate of drug-likeness (QED) is 0.646. The summed E-state index contributed by atoms with van der Waals surface area (Å²) in [5.74, 6) is -3.07. The minimum absolute atomic E-state index is 0.0574. The Balaban J connectivity index is 1.98. The van der Waals surface area contributed by atoms with Crippen LogP contribution in [0.1, 0.15) is 17.0 Å². The van der Waals surface area contributed by atoms with E-state index >= 15 is 0 Å². The van der Waals surface area contributed by atoms with Gasteiger partial charge in [0, 0.05) is 42.1 Å². The van der Waals surface area contributed by atoms with Crippen LogP contribution in [0.15, 0.2) is 48.7 Å². The molecule has 2 aromatic carbocycles. The number of aromatic nitrogens is 1. The lowest BCUT2D eigenvalue weighted by molar-refractivity contribution is -0.148. The zero-order valence-corrected chi connectivity index (χ0v) is 16.5. The third-order valence-electron chi connectivity index (χ3n) is 5.37. The van der Waals surface area contributed by atoms with E-state index in [0.717, 1.165) is 15.3 Å². The van der Waals surface area contributed by atoms with Crippen molar-refractivity contribution < 1.29 is 19.5 Å². The second-order valence-corrected chi connectivity index (χ2v) is 7.44. The molecule has 3 aromatic rings. The Bertz CT molecular complexity index is 1130. The van der Waals surface area contributed by atoms with E-state index in [1.807, 2.05) is 0 Å². The Hall–Kier alpha value is -3.32. The molecule has 4 rings (SSSR count). The molecule has 1 unspecified atom stereocenters. The van der Waals surface area contributed by atoms with Crippen LogP contribution in [-0.2, 0) is 9.59 Å². The number of phenolic OH excluding ortho intramolecular Hbond substituents is 1. The molecule has 2 heterocycles. The fraction of sp³-hybridized carbons (Fsp3) is 0.190. The number of nitrogens with one attached hydrogen (secondary N) is 1. The fourth-order valence-electron chi connectivity index (χ4n) is 3.86. The van der Waals surface area contributed by atoms with Crippen LogP contribution in [-0.4, -0.2) is 51.8 Å². The second kappa shape index (κ2) is 6.93. The normalized spacial score (nSPS) is 16.7. The molecule has 8 heteroatoms. The number of carbonyl (C=O) groups is 3. The van der Waals surface area contributed by atoms with Crippen LogP contribution < -0.4 is 0 Å². The molecule has 0 aliphatic carbocycles. The first-order chi connectivity index (χ1) is 13.8. The van der Waals surface area contributed by atoms with Gasteiger partial charge in [-0.1, -0.05) is 29.8 Å². The molecule has 4 amide bonds.